The van der Waals surface area contributed by atoms with Crippen LogP contribution in [0.3, 0.4) is 0 Å². The highest BCUT2D eigenvalue weighted by atomic mass is 19.4. The van der Waals surface area contributed by atoms with Gasteiger partial charge in [-0.15, -0.1) is 5.10 Å². The normalized spacial score (nSPS) is 11.3. The second-order valence-corrected chi connectivity index (χ2v) is 6.46. The number of aromatic nitrogens is 4. The molecule has 0 aliphatic rings. The Hall–Kier alpha value is -4.21. The van der Waals surface area contributed by atoms with Crippen molar-refractivity contribution < 1.29 is 18.0 Å². The van der Waals surface area contributed by atoms with E-state index >= 15 is 0 Å². The smallest absolute Gasteiger partial charge is 0.327 e. The zero-order chi connectivity index (χ0) is 22.0. The number of pyridine rings is 1. The molecule has 0 saturated carbocycles. The van der Waals surface area contributed by atoms with Crippen LogP contribution in [0, 0.1) is 0 Å². The van der Waals surface area contributed by atoms with Crippen molar-refractivity contribution in [2.75, 3.05) is 5.32 Å². The molecule has 0 radical (unpaired) electrons. The third-order valence-corrected chi connectivity index (χ3v) is 4.32. The molecule has 0 saturated heterocycles. The summed E-state index contributed by atoms with van der Waals surface area (Å²) in [6.45, 7) is 0. The molecular formula is C21H14F3N5O2. The van der Waals surface area contributed by atoms with Gasteiger partial charge in [-0.2, -0.15) is 13.2 Å². The maximum Gasteiger partial charge on any atom is 0.417 e. The maximum atomic E-state index is 12.9. The number of carbonyl (C=O) groups is 1. The first-order valence-corrected chi connectivity index (χ1v) is 9.02. The van der Waals surface area contributed by atoms with Crippen LogP contribution < -0.4 is 10.9 Å². The predicted octanol–water partition coefficient (Wildman–Crippen LogP) is 3.89. The van der Waals surface area contributed by atoms with Crippen LogP contribution in [0.15, 0.2) is 77.7 Å². The number of amides is 1. The van der Waals surface area contributed by atoms with Crippen molar-refractivity contribution in [1.82, 2.24) is 19.7 Å². The lowest BCUT2D eigenvalue weighted by molar-refractivity contribution is -0.137. The summed E-state index contributed by atoms with van der Waals surface area (Å²) in [5, 5.41) is 6.37. The monoisotopic (exact) mass is 425 g/mol. The maximum absolute atomic E-state index is 12.9. The van der Waals surface area contributed by atoms with E-state index in [0.717, 1.165) is 0 Å². The Morgan fingerprint density at radius 1 is 1.00 bits per heavy atom. The fourth-order valence-electron chi connectivity index (χ4n) is 2.85. The molecule has 0 fully saturated rings. The van der Waals surface area contributed by atoms with Gasteiger partial charge in [-0.05, 0) is 18.2 Å². The molecular weight excluding hydrogens is 411 g/mol. The van der Waals surface area contributed by atoms with Crippen LogP contribution >= 0.6 is 0 Å². The largest absolute Gasteiger partial charge is 0.417 e. The zero-order valence-electron chi connectivity index (χ0n) is 15.7. The van der Waals surface area contributed by atoms with Gasteiger partial charge >= 0.3 is 6.18 Å². The van der Waals surface area contributed by atoms with Gasteiger partial charge in [0, 0.05) is 11.8 Å². The van der Waals surface area contributed by atoms with Gasteiger partial charge in [0.25, 0.3) is 11.5 Å². The van der Waals surface area contributed by atoms with E-state index in [9.17, 15) is 22.8 Å². The highest BCUT2D eigenvalue weighted by Crippen LogP contribution is 2.29. The summed E-state index contributed by atoms with van der Waals surface area (Å²) in [6.07, 6.45) is -4.15. The molecule has 4 rings (SSSR count). The average Bonchev–Trinajstić information content (AvgIpc) is 3.21. The van der Waals surface area contributed by atoms with Gasteiger partial charge in [0.2, 0.25) is 5.82 Å². The summed E-state index contributed by atoms with van der Waals surface area (Å²) in [7, 11) is 0. The summed E-state index contributed by atoms with van der Waals surface area (Å²) in [5.74, 6) is -0.869. The number of anilines is 1. The van der Waals surface area contributed by atoms with E-state index in [1.165, 1.54) is 4.68 Å². The number of hydrogen-bond acceptors (Lipinski definition) is 4. The Morgan fingerprint density at radius 3 is 2.29 bits per heavy atom. The number of alkyl halides is 3. The average molecular weight is 425 g/mol. The molecule has 2 heterocycles. The fraction of sp³-hybridized carbons (Fsp3) is 0.0476. The number of rotatable bonds is 4. The zero-order valence-corrected chi connectivity index (χ0v) is 15.7. The van der Waals surface area contributed by atoms with Crippen molar-refractivity contribution in [3.05, 3.63) is 94.7 Å². The van der Waals surface area contributed by atoms with Gasteiger partial charge in [0.05, 0.1) is 11.3 Å². The molecule has 0 atom stereocenters. The van der Waals surface area contributed by atoms with Crippen molar-refractivity contribution in [3.63, 3.8) is 0 Å². The molecule has 0 unspecified atom stereocenters. The van der Waals surface area contributed by atoms with Crippen molar-refractivity contribution in [2.24, 2.45) is 0 Å². The molecule has 0 aliphatic heterocycles. The summed E-state index contributed by atoms with van der Waals surface area (Å²) in [6, 6.07) is 18.4. The van der Waals surface area contributed by atoms with Gasteiger partial charge in [-0.1, -0.05) is 48.5 Å². The van der Waals surface area contributed by atoms with Crippen LogP contribution in [0.4, 0.5) is 18.9 Å². The van der Waals surface area contributed by atoms with E-state index in [1.54, 1.807) is 48.5 Å². The molecule has 2 N–H and O–H groups in total. The number of nitrogens with one attached hydrogen (secondary N) is 2. The quantitative estimate of drug-likeness (QED) is 0.519. The number of nitrogens with zero attached hydrogens (tertiary/aromatic N) is 3. The fourth-order valence-corrected chi connectivity index (χ4v) is 2.85. The first-order chi connectivity index (χ1) is 14.8. The highest BCUT2D eigenvalue weighted by Gasteiger charge is 2.31. The first-order valence-electron chi connectivity index (χ1n) is 9.02. The SMILES string of the molecule is O=C(Nc1cc(C(F)(F)F)c[nH]c1=O)c1nc(-c2ccccc2)n(-c2ccccc2)n1. The van der Waals surface area contributed by atoms with E-state index < -0.39 is 28.9 Å². The number of carbonyl (C=O) groups excluding carboxylic acids is 1. The topological polar surface area (TPSA) is 92.7 Å². The van der Waals surface area contributed by atoms with E-state index in [-0.39, 0.29) is 5.82 Å². The number of para-hydroxylation sites is 1. The number of hydrogen-bond donors (Lipinski definition) is 2. The van der Waals surface area contributed by atoms with E-state index in [1.807, 2.05) is 17.1 Å². The second kappa shape index (κ2) is 7.90. The molecule has 2 aromatic carbocycles. The lowest BCUT2D eigenvalue weighted by Crippen LogP contribution is -2.22. The van der Waals surface area contributed by atoms with Crippen LogP contribution in [0.25, 0.3) is 17.1 Å². The van der Waals surface area contributed by atoms with Crippen LogP contribution in [0.1, 0.15) is 16.2 Å². The number of aromatic amines is 1. The summed E-state index contributed by atoms with van der Waals surface area (Å²) in [5.41, 5.74) is -1.24. The first kappa shape index (κ1) is 20.1. The Balaban J connectivity index is 1.73. The summed E-state index contributed by atoms with van der Waals surface area (Å²) < 4.78 is 40.2. The second-order valence-electron chi connectivity index (χ2n) is 6.46. The van der Waals surface area contributed by atoms with Gasteiger partial charge < -0.3 is 10.3 Å². The molecule has 0 spiro atoms. The minimum absolute atomic E-state index is 0.306. The van der Waals surface area contributed by atoms with Crippen LogP contribution in [-0.4, -0.2) is 25.7 Å². The molecule has 0 aliphatic carbocycles. The van der Waals surface area contributed by atoms with E-state index in [2.05, 4.69) is 15.4 Å². The highest BCUT2D eigenvalue weighted by molar-refractivity contribution is 6.01. The lowest BCUT2D eigenvalue weighted by atomic mass is 10.2. The number of H-pyrrole nitrogens is 1. The molecule has 7 nitrogen and oxygen atoms in total. The van der Waals surface area contributed by atoms with Gasteiger partial charge in [-0.3, -0.25) is 9.59 Å². The van der Waals surface area contributed by atoms with E-state index in [0.29, 0.717) is 29.3 Å². The Labute approximate surface area is 173 Å². The van der Waals surface area contributed by atoms with Crippen LogP contribution in [0.2, 0.25) is 0 Å². The summed E-state index contributed by atoms with van der Waals surface area (Å²) >= 11 is 0. The third kappa shape index (κ3) is 4.22. The third-order valence-electron chi connectivity index (χ3n) is 4.32. The minimum atomic E-state index is -4.68. The standard InChI is InChI=1S/C21H14F3N5O2/c22-21(23,24)14-11-16(19(30)25-12-14)26-20(31)17-27-18(13-7-3-1-4-8-13)29(28-17)15-9-5-2-6-10-15/h1-12H,(H,25,30)(H,26,31). The molecule has 4 aromatic rings. The molecule has 31 heavy (non-hydrogen) atoms. The van der Waals surface area contributed by atoms with Crippen molar-refractivity contribution in [2.45, 2.75) is 6.18 Å². The number of benzene rings is 2. The molecule has 156 valence electrons. The number of halogens is 3. The Morgan fingerprint density at radius 2 is 1.65 bits per heavy atom. The predicted molar refractivity (Wildman–Crippen MR) is 107 cm³/mol. The van der Waals surface area contributed by atoms with Gasteiger partial charge in [0.1, 0.15) is 5.69 Å². The molecule has 0 bridgehead atoms. The van der Waals surface area contributed by atoms with Crippen LogP contribution in [-0.2, 0) is 6.18 Å². The molecule has 2 aromatic heterocycles. The van der Waals surface area contributed by atoms with Crippen molar-refractivity contribution in [3.8, 4) is 17.1 Å². The van der Waals surface area contributed by atoms with Gasteiger partial charge in [0.15, 0.2) is 5.82 Å². The Bertz CT molecular complexity index is 1220. The van der Waals surface area contributed by atoms with Gasteiger partial charge in [-0.25, -0.2) is 9.67 Å². The van der Waals surface area contributed by atoms with E-state index in [4.69, 9.17) is 0 Å². The van der Waals surface area contributed by atoms with Crippen molar-refractivity contribution in [1.29, 1.82) is 0 Å². The van der Waals surface area contributed by atoms with Crippen molar-refractivity contribution >= 4 is 11.6 Å². The summed E-state index contributed by atoms with van der Waals surface area (Å²) in [4.78, 5) is 30.8. The Kier molecular flexibility index (Phi) is 5.12. The minimum Gasteiger partial charge on any atom is -0.327 e. The van der Waals surface area contributed by atoms with Crippen LogP contribution in [0.5, 0.6) is 0 Å². The molecule has 1 amide bonds. The molecule has 10 heteroatoms. The lowest BCUT2D eigenvalue weighted by Gasteiger charge is -2.08.